The second kappa shape index (κ2) is 9.41. The number of ether oxygens (including phenoxy) is 1. The maximum absolute atomic E-state index is 13.3. The van der Waals surface area contributed by atoms with E-state index >= 15 is 0 Å². The zero-order chi connectivity index (χ0) is 25.3. The van der Waals surface area contributed by atoms with Gasteiger partial charge in [0, 0.05) is 11.3 Å². The highest BCUT2D eigenvalue weighted by atomic mass is 16.5. The van der Waals surface area contributed by atoms with Gasteiger partial charge in [0.15, 0.2) is 0 Å². The first kappa shape index (κ1) is 24.3. The van der Waals surface area contributed by atoms with Gasteiger partial charge in [-0.2, -0.15) is 0 Å². The summed E-state index contributed by atoms with van der Waals surface area (Å²) in [7, 11) is 0. The van der Waals surface area contributed by atoms with Crippen molar-refractivity contribution in [1.29, 1.82) is 0 Å². The number of carbonyl (C=O) groups excluding carboxylic acids is 2. The van der Waals surface area contributed by atoms with Gasteiger partial charge in [-0.15, -0.1) is 0 Å². The van der Waals surface area contributed by atoms with E-state index in [1.165, 1.54) is 4.90 Å². The summed E-state index contributed by atoms with van der Waals surface area (Å²) in [4.78, 5) is 28.0. The number of para-hydroxylation sites is 1. The Bertz CT molecular complexity index is 1250. The van der Waals surface area contributed by atoms with Crippen LogP contribution in [-0.4, -0.2) is 22.9 Å². The van der Waals surface area contributed by atoms with E-state index in [0.717, 1.165) is 11.1 Å². The Kier molecular flexibility index (Phi) is 6.53. The number of ketones is 1. The van der Waals surface area contributed by atoms with Crippen LogP contribution < -0.4 is 9.64 Å². The Morgan fingerprint density at radius 3 is 2.03 bits per heavy atom. The zero-order valence-electron chi connectivity index (χ0n) is 20.8. The molecule has 1 heterocycles. The van der Waals surface area contributed by atoms with Crippen LogP contribution in [0.15, 0.2) is 84.4 Å². The standard InChI is InChI=1S/C30H31NO4/c1-19(2)35-24-17-13-21(14-18-24)27(32)25-26(20-11-15-22(16-12-20)30(3,4)5)31(29(34)28(25)33)23-9-7-6-8-10-23/h6-19,26,32H,1-5H3/b27-25-. The van der Waals surface area contributed by atoms with E-state index in [4.69, 9.17) is 4.74 Å². The molecule has 1 unspecified atom stereocenters. The van der Waals surface area contributed by atoms with Crippen molar-refractivity contribution in [2.75, 3.05) is 4.90 Å². The van der Waals surface area contributed by atoms with E-state index in [9.17, 15) is 14.7 Å². The molecule has 0 saturated carbocycles. The molecule has 1 aliphatic heterocycles. The Balaban J connectivity index is 1.85. The van der Waals surface area contributed by atoms with Gasteiger partial charge in [-0.05, 0) is 66.8 Å². The number of Topliss-reactive ketones (excluding diaryl/α,β-unsaturated/α-hetero) is 1. The quantitative estimate of drug-likeness (QED) is 0.267. The van der Waals surface area contributed by atoms with Gasteiger partial charge >= 0.3 is 0 Å². The number of hydrogen-bond donors (Lipinski definition) is 1. The number of anilines is 1. The summed E-state index contributed by atoms with van der Waals surface area (Å²) >= 11 is 0. The molecular weight excluding hydrogens is 438 g/mol. The fourth-order valence-electron chi connectivity index (χ4n) is 4.29. The molecule has 0 bridgehead atoms. The van der Waals surface area contributed by atoms with Gasteiger partial charge < -0.3 is 9.84 Å². The lowest BCUT2D eigenvalue weighted by atomic mass is 9.85. The van der Waals surface area contributed by atoms with Gasteiger partial charge in [-0.25, -0.2) is 0 Å². The number of carbonyl (C=O) groups is 2. The van der Waals surface area contributed by atoms with E-state index < -0.39 is 17.7 Å². The Hall–Kier alpha value is -3.86. The molecule has 1 saturated heterocycles. The molecule has 180 valence electrons. The number of hydrogen-bond acceptors (Lipinski definition) is 4. The molecule has 3 aromatic carbocycles. The summed E-state index contributed by atoms with van der Waals surface area (Å²) in [6.45, 7) is 10.3. The summed E-state index contributed by atoms with van der Waals surface area (Å²) in [5.41, 5.74) is 2.96. The van der Waals surface area contributed by atoms with Crippen LogP contribution in [0.5, 0.6) is 5.75 Å². The van der Waals surface area contributed by atoms with Crippen molar-refractivity contribution >= 4 is 23.1 Å². The molecule has 5 heteroatoms. The number of aliphatic hydroxyl groups excluding tert-OH is 1. The lowest BCUT2D eigenvalue weighted by molar-refractivity contribution is -0.132. The molecule has 1 aliphatic rings. The van der Waals surface area contributed by atoms with Crippen molar-refractivity contribution in [2.24, 2.45) is 0 Å². The third kappa shape index (κ3) is 4.85. The molecule has 1 fully saturated rings. The fraction of sp³-hybridized carbons (Fsp3) is 0.267. The number of rotatable bonds is 5. The van der Waals surface area contributed by atoms with Crippen LogP contribution in [0.2, 0.25) is 0 Å². The smallest absolute Gasteiger partial charge is 0.300 e. The maximum atomic E-state index is 13.3. The summed E-state index contributed by atoms with van der Waals surface area (Å²) in [6.07, 6.45) is 0.0155. The number of benzene rings is 3. The van der Waals surface area contributed by atoms with Crippen molar-refractivity contribution in [3.05, 3.63) is 101 Å². The van der Waals surface area contributed by atoms with Gasteiger partial charge in [0.2, 0.25) is 0 Å². The minimum absolute atomic E-state index is 0.0155. The van der Waals surface area contributed by atoms with Crippen molar-refractivity contribution in [3.63, 3.8) is 0 Å². The highest BCUT2D eigenvalue weighted by Gasteiger charge is 2.47. The van der Waals surface area contributed by atoms with E-state index in [1.54, 1.807) is 36.4 Å². The molecular formula is C30H31NO4. The topological polar surface area (TPSA) is 66.8 Å². The molecule has 0 aliphatic carbocycles. The molecule has 35 heavy (non-hydrogen) atoms. The van der Waals surface area contributed by atoms with Crippen molar-refractivity contribution in [1.82, 2.24) is 0 Å². The first-order valence-corrected chi connectivity index (χ1v) is 11.8. The van der Waals surface area contributed by atoms with Crippen molar-refractivity contribution < 1.29 is 19.4 Å². The molecule has 0 radical (unpaired) electrons. The number of aliphatic hydroxyl groups is 1. The largest absolute Gasteiger partial charge is 0.507 e. The predicted octanol–water partition coefficient (Wildman–Crippen LogP) is 6.40. The fourth-order valence-corrected chi connectivity index (χ4v) is 4.29. The molecule has 1 amide bonds. The first-order chi connectivity index (χ1) is 16.6. The van der Waals surface area contributed by atoms with Crippen LogP contribution in [0.3, 0.4) is 0 Å². The lowest BCUT2D eigenvalue weighted by Crippen LogP contribution is -2.29. The molecule has 0 aromatic heterocycles. The van der Waals surface area contributed by atoms with Crippen molar-refractivity contribution in [3.8, 4) is 5.75 Å². The summed E-state index contributed by atoms with van der Waals surface area (Å²) < 4.78 is 5.69. The monoisotopic (exact) mass is 469 g/mol. The Morgan fingerprint density at radius 1 is 0.886 bits per heavy atom. The lowest BCUT2D eigenvalue weighted by Gasteiger charge is -2.26. The molecule has 1 N–H and O–H groups in total. The SMILES string of the molecule is CC(C)Oc1ccc(/C(O)=C2/C(=O)C(=O)N(c3ccccc3)C2c2ccc(C(C)(C)C)cc2)cc1. The van der Waals surface area contributed by atoms with Gasteiger partial charge in [-0.3, -0.25) is 14.5 Å². The van der Waals surface area contributed by atoms with Crippen LogP contribution in [0, 0.1) is 0 Å². The first-order valence-electron chi connectivity index (χ1n) is 11.8. The van der Waals surface area contributed by atoms with E-state index in [2.05, 4.69) is 20.8 Å². The van der Waals surface area contributed by atoms with Crippen LogP contribution in [0.4, 0.5) is 5.69 Å². The third-order valence-corrected chi connectivity index (χ3v) is 6.07. The normalized spacial score (nSPS) is 17.8. The van der Waals surface area contributed by atoms with Crippen LogP contribution in [-0.2, 0) is 15.0 Å². The zero-order valence-corrected chi connectivity index (χ0v) is 20.8. The highest BCUT2D eigenvalue weighted by molar-refractivity contribution is 6.51. The average Bonchev–Trinajstić information content (AvgIpc) is 3.09. The van der Waals surface area contributed by atoms with E-state index in [-0.39, 0.29) is 22.9 Å². The minimum Gasteiger partial charge on any atom is -0.507 e. The Labute approximate surface area is 206 Å². The molecule has 0 spiro atoms. The third-order valence-electron chi connectivity index (χ3n) is 6.07. The predicted molar refractivity (Wildman–Crippen MR) is 139 cm³/mol. The molecule has 4 rings (SSSR count). The summed E-state index contributed by atoms with van der Waals surface area (Å²) in [6, 6.07) is 23.1. The molecule has 5 nitrogen and oxygen atoms in total. The minimum atomic E-state index is -0.752. The average molecular weight is 470 g/mol. The number of nitrogens with zero attached hydrogens (tertiary/aromatic N) is 1. The summed E-state index contributed by atoms with van der Waals surface area (Å²) in [5.74, 6) is -0.917. The second-order valence-electron chi connectivity index (χ2n) is 10.1. The van der Waals surface area contributed by atoms with Gasteiger partial charge in [0.25, 0.3) is 11.7 Å². The highest BCUT2D eigenvalue weighted by Crippen LogP contribution is 2.42. The van der Waals surface area contributed by atoms with Crippen LogP contribution in [0.25, 0.3) is 5.76 Å². The Morgan fingerprint density at radius 2 is 1.49 bits per heavy atom. The van der Waals surface area contributed by atoms with Gasteiger partial charge in [-0.1, -0.05) is 63.2 Å². The second-order valence-corrected chi connectivity index (χ2v) is 10.1. The number of amides is 1. The van der Waals surface area contributed by atoms with Crippen LogP contribution in [0.1, 0.15) is 57.4 Å². The molecule has 3 aromatic rings. The van der Waals surface area contributed by atoms with E-state index in [1.807, 2.05) is 56.3 Å². The van der Waals surface area contributed by atoms with E-state index in [0.29, 0.717) is 17.0 Å². The van der Waals surface area contributed by atoms with Gasteiger partial charge in [0.1, 0.15) is 11.5 Å². The van der Waals surface area contributed by atoms with Crippen LogP contribution >= 0.6 is 0 Å². The van der Waals surface area contributed by atoms with Crippen molar-refractivity contribution in [2.45, 2.75) is 52.2 Å². The summed E-state index contributed by atoms with van der Waals surface area (Å²) in [5, 5.41) is 11.3. The van der Waals surface area contributed by atoms with Gasteiger partial charge in [0.05, 0.1) is 17.7 Å². The molecule has 1 atom stereocenters. The maximum Gasteiger partial charge on any atom is 0.300 e.